The highest BCUT2D eigenvalue weighted by molar-refractivity contribution is 6.30. The lowest BCUT2D eigenvalue weighted by molar-refractivity contribution is -0.155. The number of imide groups is 1. The molecule has 2 rings (SSSR count). The second-order valence-electron chi connectivity index (χ2n) is 5.35. The number of carboxylic acid groups (broad SMARTS) is 1. The number of carbonyl (C=O) groups is 3. The Bertz CT molecular complexity index is 474. The number of unbranched alkanes of at least 4 members (excludes halogenated alkanes) is 1. The number of hydrogen-bond acceptors (Lipinski definition) is 3. The zero-order valence-corrected chi connectivity index (χ0v) is 12.1. The topological polar surface area (TPSA) is 74.7 Å². The van der Waals surface area contributed by atoms with E-state index in [-0.39, 0.29) is 11.8 Å². The molecule has 0 aromatic heterocycles. The molecule has 1 aliphatic heterocycles. The number of rotatable bonds is 5. The second kappa shape index (κ2) is 5.95. The highest BCUT2D eigenvalue weighted by Crippen LogP contribution is 2.40. The van der Waals surface area contributed by atoms with Crippen LogP contribution in [0.15, 0.2) is 11.1 Å². The molecular weight excluding hydrogens is 282 g/mol. The van der Waals surface area contributed by atoms with Gasteiger partial charge in [0.25, 0.3) is 0 Å². The van der Waals surface area contributed by atoms with Crippen molar-refractivity contribution < 1.29 is 19.5 Å². The Hall–Kier alpha value is -1.36. The number of likely N-dealkylation sites (tertiary alicyclic amines) is 1. The third kappa shape index (κ3) is 2.59. The third-order valence-electron chi connectivity index (χ3n) is 4.03. The van der Waals surface area contributed by atoms with E-state index in [4.69, 9.17) is 11.6 Å². The van der Waals surface area contributed by atoms with E-state index < -0.39 is 23.8 Å². The first-order chi connectivity index (χ1) is 9.47. The molecule has 1 N–H and O–H groups in total. The summed E-state index contributed by atoms with van der Waals surface area (Å²) in [6.07, 6.45) is 4.31. The number of hydrogen-bond donors (Lipinski definition) is 1. The van der Waals surface area contributed by atoms with Crippen LogP contribution < -0.4 is 0 Å². The van der Waals surface area contributed by atoms with E-state index in [1.807, 2.05) is 6.92 Å². The van der Waals surface area contributed by atoms with Gasteiger partial charge in [0.1, 0.15) is 6.04 Å². The maximum atomic E-state index is 12.4. The monoisotopic (exact) mass is 299 g/mol. The first-order valence-electron chi connectivity index (χ1n) is 6.91. The highest BCUT2D eigenvalue weighted by Gasteiger charge is 2.51. The SMILES string of the molecule is CCCC[C@H](C(=O)O)N1C(=O)[C@@H]2CC=C(Cl)C[C@H]2C1=O. The Labute approximate surface area is 122 Å². The third-order valence-corrected chi connectivity index (χ3v) is 4.34. The molecule has 110 valence electrons. The molecule has 1 fully saturated rings. The summed E-state index contributed by atoms with van der Waals surface area (Å²) >= 11 is 5.93. The van der Waals surface area contributed by atoms with Crippen LogP contribution in [-0.4, -0.2) is 33.8 Å². The van der Waals surface area contributed by atoms with Crippen molar-refractivity contribution in [3.63, 3.8) is 0 Å². The fraction of sp³-hybridized carbons (Fsp3) is 0.643. The lowest BCUT2D eigenvalue weighted by Crippen LogP contribution is -2.45. The van der Waals surface area contributed by atoms with Crippen molar-refractivity contribution in [1.82, 2.24) is 4.90 Å². The minimum atomic E-state index is -1.11. The van der Waals surface area contributed by atoms with E-state index in [1.165, 1.54) is 0 Å². The number of amides is 2. The Morgan fingerprint density at radius 2 is 2.10 bits per heavy atom. The molecule has 0 bridgehead atoms. The molecule has 0 unspecified atom stereocenters. The first kappa shape index (κ1) is 15.0. The molecule has 1 heterocycles. The van der Waals surface area contributed by atoms with Gasteiger partial charge >= 0.3 is 5.97 Å². The molecular formula is C14H18ClNO4. The number of carboxylic acids is 1. The zero-order chi connectivity index (χ0) is 14.9. The number of carbonyl (C=O) groups excluding carboxylic acids is 2. The molecule has 6 heteroatoms. The van der Waals surface area contributed by atoms with Gasteiger partial charge in [-0.2, -0.15) is 0 Å². The van der Waals surface area contributed by atoms with Crippen molar-refractivity contribution in [1.29, 1.82) is 0 Å². The van der Waals surface area contributed by atoms with E-state index in [0.29, 0.717) is 30.7 Å². The second-order valence-corrected chi connectivity index (χ2v) is 5.83. The molecule has 2 aliphatic rings. The van der Waals surface area contributed by atoms with Crippen molar-refractivity contribution in [3.8, 4) is 0 Å². The number of fused-ring (bicyclic) bond motifs is 1. The van der Waals surface area contributed by atoms with Crippen LogP contribution in [0.25, 0.3) is 0 Å². The minimum absolute atomic E-state index is 0.309. The largest absolute Gasteiger partial charge is 0.480 e. The summed E-state index contributed by atoms with van der Waals surface area (Å²) in [6.45, 7) is 1.94. The predicted octanol–water partition coefficient (Wildman–Crippen LogP) is 2.15. The van der Waals surface area contributed by atoms with E-state index in [0.717, 1.165) is 11.3 Å². The summed E-state index contributed by atoms with van der Waals surface area (Å²) < 4.78 is 0. The molecule has 0 saturated carbocycles. The van der Waals surface area contributed by atoms with Crippen LogP contribution in [0, 0.1) is 11.8 Å². The van der Waals surface area contributed by atoms with Gasteiger partial charge in [0.15, 0.2) is 0 Å². The molecule has 5 nitrogen and oxygen atoms in total. The van der Waals surface area contributed by atoms with Crippen molar-refractivity contribution in [2.45, 2.75) is 45.1 Å². The van der Waals surface area contributed by atoms with Gasteiger partial charge in [-0.05, 0) is 19.3 Å². The van der Waals surface area contributed by atoms with Gasteiger partial charge in [0.05, 0.1) is 11.8 Å². The molecule has 1 aliphatic carbocycles. The molecule has 2 amide bonds. The van der Waals surface area contributed by atoms with Crippen LogP contribution in [0.5, 0.6) is 0 Å². The van der Waals surface area contributed by atoms with Crippen molar-refractivity contribution in [2.75, 3.05) is 0 Å². The summed E-state index contributed by atoms with van der Waals surface area (Å²) in [7, 11) is 0. The van der Waals surface area contributed by atoms with E-state index >= 15 is 0 Å². The maximum absolute atomic E-state index is 12.4. The molecule has 20 heavy (non-hydrogen) atoms. The molecule has 0 radical (unpaired) electrons. The van der Waals surface area contributed by atoms with Crippen LogP contribution in [0.2, 0.25) is 0 Å². The fourth-order valence-corrected chi connectivity index (χ4v) is 3.18. The van der Waals surface area contributed by atoms with Gasteiger partial charge in [-0.25, -0.2) is 4.79 Å². The maximum Gasteiger partial charge on any atom is 0.326 e. The Balaban J connectivity index is 2.22. The average molecular weight is 300 g/mol. The molecule has 0 aromatic rings. The van der Waals surface area contributed by atoms with E-state index in [1.54, 1.807) is 6.08 Å². The van der Waals surface area contributed by atoms with Crippen molar-refractivity contribution in [2.24, 2.45) is 11.8 Å². The van der Waals surface area contributed by atoms with Gasteiger partial charge in [-0.3, -0.25) is 14.5 Å². The number of allylic oxidation sites excluding steroid dienone is 2. The van der Waals surface area contributed by atoms with Crippen LogP contribution in [-0.2, 0) is 14.4 Å². The predicted molar refractivity (Wildman–Crippen MR) is 73.0 cm³/mol. The van der Waals surface area contributed by atoms with Crippen LogP contribution in [0.3, 0.4) is 0 Å². The van der Waals surface area contributed by atoms with Crippen molar-refractivity contribution >= 4 is 29.4 Å². The Morgan fingerprint density at radius 3 is 2.70 bits per heavy atom. The first-order valence-corrected chi connectivity index (χ1v) is 7.29. The number of halogens is 1. The van der Waals surface area contributed by atoms with E-state index in [9.17, 15) is 19.5 Å². The van der Waals surface area contributed by atoms with Crippen LogP contribution in [0.4, 0.5) is 0 Å². The van der Waals surface area contributed by atoms with Crippen LogP contribution >= 0.6 is 11.6 Å². The van der Waals surface area contributed by atoms with Gasteiger partial charge < -0.3 is 5.11 Å². The lowest BCUT2D eigenvalue weighted by atomic mass is 9.85. The summed E-state index contributed by atoms with van der Waals surface area (Å²) in [5.41, 5.74) is 0. The van der Waals surface area contributed by atoms with Gasteiger partial charge in [0, 0.05) is 5.03 Å². The summed E-state index contributed by atoms with van der Waals surface area (Å²) in [4.78, 5) is 37.0. The molecule has 3 atom stereocenters. The van der Waals surface area contributed by atoms with Gasteiger partial charge in [-0.15, -0.1) is 0 Å². The minimum Gasteiger partial charge on any atom is -0.480 e. The summed E-state index contributed by atoms with van der Waals surface area (Å²) in [6, 6.07) is -1.04. The summed E-state index contributed by atoms with van der Waals surface area (Å²) in [5.74, 6) is -2.77. The smallest absolute Gasteiger partial charge is 0.326 e. The number of aliphatic carboxylic acids is 1. The fourth-order valence-electron chi connectivity index (χ4n) is 2.92. The van der Waals surface area contributed by atoms with Gasteiger partial charge in [-0.1, -0.05) is 37.4 Å². The average Bonchev–Trinajstić information content (AvgIpc) is 2.63. The van der Waals surface area contributed by atoms with E-state index in [2.05, 4.69) is 0 Å². The Kier molecular flexibility index (Phi) is 4.48. The molecule has 1 saturated heterocycles. The van der Waals surface area contributed by atoms with Crippen LogP contribution in [0.1, 0.15) is 39.0 Å². The Morgan fingerprint density at radius 1 is 1.45 bits per heavy atom. The molecule has 0 spiro atoms. The number of nitrogens with zero attached hydrogens (tertiary/aromatic N) is 1. The zero-order valence-electron chi connectivity index (χ0n) is 11.3. The highest BCUT2D eigenvalue weighted by atomic mass is 35.5. The quantitative estimate of drug-likeness (QED) is 0.789. The van der Waals surface area contributed by atoms with Gasteiger partial charge in [0.2, 0.25) is 11.8 Å². The summed E-state index contributed by atoms with van der Waals surface area (Å²) in [5, 5.41) is 9.87. The lowest BCUT2D eigenvalue weighted by Gasteiger charge is -2.22. The van der Waals surface area contributed by atoms with Crippen molar-refractivity contribution in [3.05, 3.63) is 11.1 Å². The normalized spacial score (nSPS) is 27.3. The standard InChI is InChI=1S/C14H18ClNO4/c1-2-3-4-11(14(19)20)16-12(17)9-6-5-8(15)7-10(9)13(16)18/h5,9-11H,2-4,6-7H2,1H3,(H,19,20)/t9-,10-,11-/m1/s1. The molecule has 0 aromatic carbocycles.